The third kappa shape index (κ3) is 4.84. The molecule has 1 saturated heterocycles. The summed E-state index contributed by atoms with van der Waals surface area (Å²) in [6, 6.07) is 5.48. The quantitative estimate of drug-likeness (QED) is 0.514. The summed E-state index contributed by atoms with van der Waals surface area (Å²) in [5, 5.41) is 16.1. The first-order valence-electron chi connectivity index (χ1n) is 9.92. The minimum absolute atomic E-state index is 0.190. The molecule has 3 N–H and O–H groups in total. The third-order valence-corrected chi connectivity index (χ3v) is 5.44. The van der Waals surface area contributed by atoms with E-state index >= 15 is 0 Å². The van der Waals surface area contributed by atoms with E-state index in [1.165, 1.54) is 0 Å². The van der Waals surface area contributed by atoms with Crippen LogP contribution in [0.15, 0.2) is 36.9 Å². The van der Waals surface area contributed by atoms with Gasteiger partial charge in [0.2, 0.25) is 5.95 Å². The van der Waals surface area contributed by atoms with Gasteiger partial charge < -0.3 is 20.5 Å². The van der Waals surface area contributed by atoms with Crippen LogP contribution in [0.5, 0.6) is 0 Å². The number of hydrogen-bond acceptors (Lipinski definition) is 7. The van der Waals surface area contributed by atoms with Crippen molar-refractivity contribution in [2.45, 2.75) is 32.5 Å². The molecule has 0 saturated carbocycles. The van der Waals surface area contributed by atoms with Crippen molar-refractivity contribution >= 4 is 23.5 Å². The number of imidazole rings is 1. The zero-order chi connectivity index (χ0) is 21.8. The fraction of sp³-hybridized carbons (Fsp3) is 0.333. The van der Waals surface area contributed by atoms with Crippen molar-refractivity contribution in [1.29, 1.82) is 0 Å². The van der Waals surface area contributed by atoms with Crippen LogP contribution in [0.25, 0.3) is 5.82 Å². The zero-order valence-corrected chi connectivity index (χ0v) is 17.8. The second kappa shape index (κ2) is 9.42. The predicted octanol–water partition coefficient (Wildman–Crippen LogP) is 2.25. The molecule has 1 atom stereocenters. The minimum atomic E-state index is -0.337. The normalized spacial score (nSPS) is 15.8. The monoisotopic (exact) mass is 442 g/mol. The lowest BCUT2D eigenvalue weighted by atomic mass is 10.1. The van der Waals surface area contributed by atoms with Crippen molar-refractivity contribution in [2.24, 2.45) is 0 Å². The van der Waals surface area contributed by atoms with Gasteiger partial charge in [0.15, 0.2) is 0 Å². The van der Waals surface area contributed by atoms with Gasteiger partial charge in [-0.1, -0.05) is 23.7 Å². The Labute approximate surface area is 184 Å². The highest BCUT2D eigenvalue weighted by atomic mass is 35.5. The van der Waals surface area contributed by atoms with Crippen LogP contribution >= 0.6 is 11.6 Å². The SMILES string of the molecule is Cc1cnc(N[C@@H]2CCOC2)nc1-n1cnc(C(=O)NCc2cccc(Cl)c2CO)c1. The molecule has 1 amide bonds. The second-order valence-electron chi connectivity index (χ2n) is 7.29. The summed E-state index contributed by atoms with van der Waals surface area (Å²) >= 11 is 6.10. The number of carbonyl (C=O) groups is 1. The molecule has 1 fully saturated rings. The average molecular weight is 443 g/mol. The molecule has 0 bridgehead atoms. The highest BCUT2D eigenvalue weighted by molar-refractivity contribution is 6.31. The van der Waals surface area contributed by atoms with Gasteiger partial charge in [-0.2, -0.15) is 4.98 Å². The van der Waals surface area contributed by atoms with Crippen LogP contribution in [-0.2, 0) is 17.9 Å². The van der Waals surface area contributed by atoms with Gasteiger partial charge in [0, 0.05) is 41.7 Å². The molecule has 0 spiro atoms. The summed E-state index contributed by atoms with van der Waals surface area (Å²) in [4.78, 5) is 25.7. The number of amides is 1. The fourth-order valence-corrected chi connectivity index (χ4v) is 3.62. The number of nitrogens with zero attached hydrogens (tertiary/aromatic N) is 4. The van der Waals surface area contributed by atoms with Crippen LogP contribution in [0, 0.1) is 6.92 Å². The van der Waals surface area contributed by atoms with Crippen LogP contribution in [-0.4, -0.2) is 49.8 Å². The Morgan fingerprint density at radius 1 is 1.39 bits per heavy atom. The average Bonchev–Trinajstić information content (AvgIpc) is 3.46. The molecule has 1 aliphatic rings. The van der Waals surface area contributed by atoms with Gasteiger partial charge in [0.1, 0.15) is 17.8 Å². The van der Waals surface area contributed by atoms with Gasteiger partial charge >= 0.3 is 0 Å². The van der Waals surface area contributed by atoms with Gasteiger partial charge in [-0.3, -0.25) is 9.36 Å². The lowest BCUT2D eigenvalue weighted by Gasteiger charge is -2.12. The number of aromatic nitrogens is 4. The Hall–Kier alpha value is -3.01. The van der Waals surface area contributed by atoms with Crippen molar-refractivity contribution in [3.63, 3.8) is 0 Å². The maximum Gasteiger partial charge on any atom is 0.271 e. The Morgan fingerprint density at radius 3 is 3.03 bits per heavy atom. The largest absolute Gasteiger partial charge is 0.392 e. The summed E-state index contributed by atoms with van der Waals surface area (Å²) in [7, 11) is 0. The first-order chi connectivity index (χ1) is 15.0. The third-order valence-electron chi connectivity index (χ3n) is 5.08. The molecule has 1 aliphatic heterocycles. The van der Waals surface area contributed by atoms with Gasteiger partial charge in [0.25, 0.3) is 5.91 Å². The lowest BCUT2D eigenvalue weighted by molar-refractivity contribution is 0.0946. The van der Waals surface area contributed by atoms with Crippen LogP contribution < -0.4 is 10.6 Å². The summed E-state index contributed by atoms with van der Waals surface area (Å²) in [5.74, 6) is 0.810. The Balaban J connectivity index is 1.46. The molecule has 4 rings (SSSR count). The highest BCUT2D eigenvalue weighted by Gasteiger charge is 2.18. The Kier molecular flexibility index (Phi) is 6.45. The lowest BCUT2D eigenvalue weighted by Crippen LogP contribution is -2.24. The standard InChI is InChI=1S/C21H23ClN6O3/c1-13-7-24-21(26-15-5-6-31-11-15)27-19(13)28-9-18(25-12-28)20(30)23-8-14-3-2-4-17(22)16(14)10-29/h2-4,7,9,12,15,29H,5-6,8,10-11H2,1H3,(H,23,30)(H,24,26,27)/t15-/m1/s1. The fourth-order valence-electron chi connectivity index (χ4n) is 3.36. The van der Waals surface area contributed by atoms with Crippen molar-refractivity contribution in [2.75, 3.05) is 18.5 Å². The molecule has 31 heavy (non-hydrogen) atoms. The first-order valence-corrected chi connectivity index (χ1v) is 10.3. The van der Waals surface area contributed by atoms with E-state index in [0.717, 1.165) is 24.2 Å². The molecule has 9 nitrogen and oxygen atoms in total. The second-order valence-corrected chi connectivity index (χ2v) is 7.70. The van der Waals surface area contributed by atoms with E-state index < -0.39 is 0 Å². The Morgan fingerprint density at radius 2 is 2.26 bits per heavy atom. The van der Waals surface area contributed by atoms with E-state index in [4.69, 9.17) is 16.3 Å². The topological polar surface area (TPSA) is 114 Å². The molecule has 0 radical (unpaired) electrons. The molecular weight excluding hydrogens is 420 g/mol. The Bertz CT molecular complexity index is 1080. The molecule has 3 aromatic rings. The molecule has 1 aromatic carbocycles. The summed E-state index contributed by atoms with van der Waals surface area (Å²) in [5.41, 5.74) is 2.45. The number of anilines is 1. The van der Waals surface area contributed by atoms with Crippen molar-refractivity contribution in [3.8, 4) is 5.82 Å². The van der Waals surface area contributed by atoms with Crippen LogP contribution in [0.3, 0.4) is 0 Å². The van der Waals surface area contributed by atoms with Crippen molar-refractivity contribution < 1.29 is 14.6 Å². The number of ether oxygens (including phenoxy) is 1. The van der Waals surface area contributed by atoms with E-state index in [2.05, 4.69) is 25.6 Å². The van der Waals surface area contributed by atoms with Gasteiger partial charge in [-0.05, 0) is 25.0 Å². The van der Waals surface area contributed by atoms with E-state index in [-0.39, 0.29) is 30.8 Å². The molecule has 0 unspecified atom stereocenters. The maximum atomic E-state index is 12.6. The number of benzene rings is 1. The summed E-state index contributed by atoms with van der Waals surface area (Å²) in [6.45, 7) is 3.28. The number of aliphatic hydroxyl groups excluding tert-OH is 1. The molecule has 0 aliphatic carbocycles. The number of halogens is 1. The number of nitrogens with one attached hydrogen (secondary N) is 2. The number of aliphatic hydroxyl groups is 1. The molecule has 162 valence electrons. The maximum absolute atomic E-state index is 12.6. The van der Waals surface area contributed by atoms with Gasteiger partial charge in [0.05, 0.1) is 19.3 Å². The number of carbonyl (C=O) groups excluding carboxylic acids is 1. The van der Waals surface area contributed by atoms with E-state index in [9.17, 15) is 9.90 Å². The van der Waals surface area contributed by atoms with E-state index in [1.54, 1.807) is 35.4 Å². The molecule has 3 heterocycles. The van der Waals surface area contributed by atoms with Crippen LogP contribution in [0.4, 0.5) is 5.95 Å². The number of hydrogen-bond donors (Lipinski definition) is 3. The van der Waals surface area contributed by atoms with Crippen LogP contribution in [0.2, 0.25) is 5.02 Å². The van der Waals surface area contributed by atoms with E-state index in [1.807, 2.05) is 13.0 Å². The number of aryl methyl sites for hydroxylation is 1. The van der Waals surface area contributed by atoms with Crippen molar-refractivity contribution in [3.05, 3.63) is 64.3 Å². The van der Waals surface area contributed by atoms with Gasteiger partial charge in [-0.25, -0.2) is 9.97 Å². The molecule has 10 heteroatoms. The summed E-state index contributed by atoms with van der Waals surface area (Å²) in [6.07, 6.45) is 5.81. The molecule has 2 aromatic heterocycles. The smallest absolute Gasteiger partial charge is 0.271 e. The van der Waals surface area contributed by atoms with Gasteiger partial charge in [-0.15, -0.1) is 0 Å². The highest BCUT2D eigenvalue weighted by Crippen LogP contribution is 2.20. The van der Waals surface area contributed by atoms with Crippen LogP contribution in [0.1, 0.15) is 33.6 Å². The van der Waals surface area contributed by atoms with Crippen molar-refractivity contribution in [1.82, 2.24) is 24.8 Å². The predicted molar refractivity (Wildman–Crippen MR) is 115 cm³/mol. The first kappa shape index (κ1) is 21.2. The van der Waals surface area contributed by atoms with E-state index in [0.29, 0.717) is 29.0 Å². The number of rotatable bonds is 7. The minimum Gasteiger partial charge on any atom is -0.392 e. The molecular formula is C21H23ClN6O3. The zero-order valence-electron chi connectivity index (χ0n) is 17.0. The summed E-state index contributed by atoms with van der Waals surface area (Å²) < 4.78 is 7.07.